The van der Waals surface area contributed by atoms with Crippen molar-refractivity contribution in [2.45, 2.75) is 39.2 Å². The predicted molar refractivity (Wildman–Crippen MR) is 73.9 cm³/mol. The van der Waals surface area contributed by atoms with Gasteiger partial charge in [0.25, 0.3) is 0 Å². The Balaban J connectivity index is 2.54. The maximum absolute atomic E-state index is 11.3. The van der Waals surface area contributed by atoms with Crippen LogP contribution in [0.5, 0.6) is 0 Å². The second-order valence-electron chi connectivity index (χ2n) is 4.63. The van der Waals surface area contributed by atoms with Crippen molar-refractivity contribution in [1.29, 1.82) is 0 Å². The molecule has 0 aromatic heterocycles. The van der Waals surface area contributed by atoms with Crippen LogP contribution in [0.15, 0.2) is 0 Å². The van der Waals surface area contributed by atoms with E-state index >= 15 is 0 Å². The fourth-order valence-corrected chi connectivity index (χ4v) is 2.57. The molecule has 1 rings (SSSR count). The molecule has 4 nitrogen and oxygen atoms in total. The molecule has 17 heavy (non-hydrogen) atoms. The van der Waals surface area contributed by atoms with Crippen molar-refractivity contribution >= 4 is 23.1 Å². The minimum Gasteiger partial charge on any atom is -0.393 e. The number of carbonyl (C=O) groups excluding carboxylic acids is 1. The number of hydrogen-bond acceptors (Lipinski definition) is 3. The molecule has 1 heterocycles. The van der Waals surface area contributed by atoms with E-state index in [0.717, 1.165) is 45.4 Å². The second-order valence-corrected chi connectivity index (χ2v) is 5.15. The molecule has 0 aliphatic carbocycles. The lowest BCUT2D eigenvalue weighted by molar-refractivity contribution is -0.128. The Morgan fingerprint density at radius 1 is 1.35 bits per heavy atom. The van der Waals surface area contributed by atoms with Crippen LogP contribution in [-0.2, 0) is 4.79 Å². The fraction of sp³-hybridized carbons (Fsp3) is 0.833. The lowest BCUT2D eigenvalue weighted by Crippen LogP contribution is -2.40. The first-order valence-corrected chi connectivity index (χ1v) is 6.73. The van der Waals surface area contributed by atoms with Crippen molar-refractivity contribution in [3.05, 3.63) is 0 Å². The number of nitrogens with two attached hydrogens (primary N) is 1. The molecule has 2 N–H and O–H groups in total. The Morgan fingerprint density at radius 3 is 2.59 bits per heavy atom. The van der Waals surface area contributed by atoms with E-state index in [9.17, 15) is 4.79 Å². The SMILES string of the molecule is CCC(CC(N)=S)N1CCCN(C(C)=O)CC1. The van der Waals surface area contributed by atoms with Crippen LogP contribution in [0.25, 0.3) is 0 Å². The van der Waals surface area contributed by atoms with Gasteiger partial charge in [0.15, 0.2) is 0 Å². The van der Waals surface area contributed by atoms with Gasteiger partial charge in [-0.2, -0.15) is 0 Å². The van der Waals surface area contributed by atoms with Crippen LogP contribution in [0.2, 0.25) is 0 Å². The highest BCUT2D eigenvalue weighted by molar-refractivity contribution is 7.80. The van der Waals surface area contributed by atoms with E-state index in [-0.39, 0.29) is 5.91 Å². The zero-order valence-corrected chi connectivity index (χ0v) is 11.6. The molecule has 1 atom stereocenters. The first-order chi connectivity index (χ1) is 8.04. The van der Waals surface area contributed by atoms with E-state index in [0.29, 0.717) is 11.0 Å². The fourth-order valence-electron chi connectivity index (χ4n) is 2.38. The number of thiocarbonyl (C=S) groups is 1. The Bertz CT molecular complexity index is 283. The van der Waals surface area contributed by atoms with Crippen molar-refractivity contribution in [3.63, 3.8) is 0 Å². The van der Waals surface area contributed by atoms with Gasteiger partial charge >= 0.3 is 0 Å². The Labute approximate surface area is 109 Å². The van der Waals surface area contributed by atoms with Crippen LogP contribution in [0.4, 0.5) is 0 Å². The summed E-state index contributed by atoms with van der Waals surface area (Å²) in [5, 5.41) is 0. The molecule has 5 heteroatoms. The van der Waals surface area contributed by atoms with Gasteiger partial charge in [0, 0.05) is 45.6 Å². The number of nitrogens with zero attached hydrogens (tertiary/aromatic N) is 2. The first kappa shape index (κ1) is 14.4. The average Bonchev–Trinajstić information content (AvgIpc) is 2.51. The van der Waals surface area contributed by atoms with Gasteiger partial charge in [-0.05, 0) is 12.8 Å². The molecule has 1 aliphatic rings. The van der Waals surface area contributed by atoms with E-state index in [1.165, 1.54) is 0 Å². The average molecular weight is 257 g/mol. The molecule has 0 saturated carbocycles. The van der Waals surface area contributed by atoms with E-state index in [2.05, 4.69) is 11.8 Å². The molecule has 0 radical (unpaired) electrons. The maximum atomic E-state index is 11.3. The quantitative estimate of drug-likeness (QED) is 0.763. The third-order valence-corrected chi connectivity index (χ3v) is 3.57. The van der Waals surface area contributed by atoms with Crippen LogP contribution in [0.3, 0.4) is 0 Å². The number of carbonyl (C=O) groups is 1. The van der Waals surface area contributed by atoms with Crippen molar-refractivity contribution in [1.82, 2.24) is 9.80 Å². The normalized spacial score (nSPS) is 19.8. The van der Waals surface area contributed by atoms with Gasteiger partial charge in [-0.3, -0.25) is 9.69 Å². The molecule has 0 aromatic carbocycles. The standard InChI is InChI=1S/C12H23N3OS/c1-3-11(9-12(13)17)15-6-4-5-14(7-8-15)10(2)16/h11H,3-9H2,1-2H3,(H2,13,17). The third kappa shape index (κ3) is 4.60. The van der Waals surface area contributed by atoms with Crippen LogP contribution in [0, 0.1) is 0 Å². The molecule has 98 valence electrons. The minimum atomic E-state index is 0.175. The zero-order valence-electron chi connectivity index (χ0n) is 10.8. The van der Waals surface area contributed by atoms with Crippen molar-refractivity contribution in [2.24, 2.45) is 5.73 Å². The summed E-state index contributed by atoms with van der Waals surface area (Å²) in [5.41, 5.74) is 5.63. The van der Waals surface area contributed by atoms with Crippen LogP contribution < -0.4 is 5.73 Å². The molecule has 1 saturated heterocycles. The summed E-state index contributed by atoms with van der Waals surface area (Å²) >= 11 is 4.99. The summed E-state index contributed by atoms with van der Waals surface area (Å²) in [6, 6.07) is 0.430. The minimum absolute atomic E-state index is 0.175. The highest BCUT2D eigenvalue weighted by Crippen LogP contribution is 2.13. The Hall–Kier alpha value is -0.680. The van der Waals surface area contributed by atoms with Gasteiger partial charge in [0.05, 0.1) is 4.99 Å². The Kier molecular flexibility index (Phi) is 5.85. The molecule has 1 aliphatic heterocycles. The van der Waals surface area contributed by atoms with Crippen molar-refractivity contribution in [2.75, 3.05) is 26.2 Å². The van der Waals surface area contributed by atoms with E-state index in [1.54, 1.807) is 6.92 Å². The van der Waals surface area contributed by atoms with Crippen LogP contribution in [0.1, 0.15) is 33.1 Å². The summed E-state index contributed by atoms with van der Waals surface area (Å²) in [7, 11) is 0. The zero-order chi connectivity index (χ0) is 12.8. The van der Waals surface area contributed by atoms with Gasteiger partial charge in [-0.25, -0.2) is 0 Å². The number of hydrogen-bond donors (Lipinski definition) is 1. The van der Waals surface area contributed by atoms with Crippen LogP contribution >= 0.6 is 12.2 Å². The monoisotopic (exact) mass is 257 g/mol. The summed E-state index contributed by atoms with van der Waals surface area (Å²) in [4.78, 5) is 16.3. The largest absolute Gasteiger partial charge is 0.393 e. The van der Waals surface area contributed by atoms with E-state index in [1.807, 2.05) is 4.90 Å². The Morgan fingerprint density at radius 2 is 2.06 bits per heavy atom. The van der Waals surface area contributed by atoms with E-state index < -0.39 is 0 Å². The summed E-state index contributed by atoms with van der Waals surface area (Å²) in [5.74, 6) is 0.175. The smallest absolute Gasteiger partial charge is 0.219 e. The molecule has 0 aromatic rings. The molecule has 1 unspecified atom stereocenters. The molecule has 0 bridgehead atoms. The molecule has 1 amide bonds. The predicted octanol–water partition coefficient (Wildman–Crippen LogP) is 0.995. The van der Waals surface area contributed by atoms with Gasteiger partial charge < -0.3 is 10.6 Å². The van der Waals surface area contributed by atoms with Crippen molar-refractivity contribution < 1.29 is 4.79 Å². The topological polar surface area (TPSA) is 49.6 Å². The first-order valence-electron chi connectivity index (χ1n) is 6.32. The lowest BCUT2D eigenvalue weighted by atomic mass is 10.1. The lowest BCUT2D eigenvalue weighted by Gasteiger charge is -2.29. The van der Waals surface area contributed by atoms with Gasteiger partial charge in [0.1, 0.15) is 0 Å². The van der Waals surface area contributed by atoms with Crippen LogP contribution in [-0.4, -0.2) is 52.9 Å². The highest BCUT2D eigenvalue weighted by atomic mass is 32.1. The van der Waals surface area contributed by atoms with Crippen molar-refractivity contribution in [3.8, 4) is 0 Å². The number of rotatable bonds is 4. The van der Waals surface area contributed by atoms with Gasteiger partial charge in [0.2, 0.25) is 5.91 Å². The summed E-state index contributed by atoms with van der Waals surface area (Å²) in [6.07, 6.45) is 2.87. The summed E-state index contributed by atoms with van der Waals surface area (Å²) < 4.78 is 0. The summed E-state index contributed by atoms with van der Waals surface area (Å²) in [6.45, 7) is 7.46. The van der Waals surface area contributed by atoms with Gasteiger partial charge in [-0.1, -0.05) is 19.1 Å². The second kappa shape index (κ2) is 6.91. The highest BCUT2D eigenvalue weighted by Gasteiger charge is 2.22. The van der Waals surface area contributed by atoms with E-state index in [4.69, 9.17) is 18.0 Å². The third-order valence-electron chi connectivity index (χ3n) is 3.40. The molecule has 0 spiro atoms. The molecular weight excluding hydrogens is 234 g/mol. The molecule has 1 fully saturated rings. The maximum Gasteiger partial charge on any atom is 0.219 e. The van der Waals surface area contributed by atoms with Gasteiger partial charge in [-0.15, -0.1) is 0 Å². The number of amides is 1. The molecular formula is C12H23N3OS.